The quantitative estimate of drug-likeness (QED) is 0.841. The van der Waals surface area contributed by atoms with Crippen LogP contribution in [-0.4, -0.2) is 20.6 Å². The van der Waals surface area contributed by atoms with Crippen LogP contribution in [0.4, 0.5) is 5.69 Å². The maximum absolute atomic E-state index is 12.1. The molecule has 0 saturated heterocycles. The number of aromatic hydroxyl groups is 1. The zero-order valence-electron chi connectivity index (χ0n) is 10.2. The van der Waals surface area contributed by atoms with E-state index < -0.39 is 10.0 Å². The van der Waals surface area contributed by atoms with Gasteiger partial charge in [-0.05, 0) is 24.3 Å². The van der Waals surface area contributed by atoms with Crippen LogP contribution in [0.3, 0.4) is 0 Å². The Balaban J connectivity index is 2.42. The minimum Gasteiger partial charge on any atom is -0.506 e. The first-order chi connectivity index (χ1) is 9.04. The van der Waals surface area contributed by atoms with Gasteiger partial charge in [0.1, 0.15) is 17.2 Å². The second kappa shape index (κ2) is 5.19. The van der Waals surface area contributed by atoms with E-state index in [1.165, 1.54) is 25.3 Å². The van der Waals surface area contributed by atoms with Crippen molar-refractivity contribution in [3.8, 4) is 11.5 Å². The van der Waals surface area contributed by atoms with Gasteiger partial charge < -0.3 is 9.84 Å². The van der Waals surface area contributed by atoms with Crippen molar-refractivity contribution in [2.24, 2.45) is 0 Å². The minimum atomic E-state index is -3.76. The molecule has 19 heavy (non-hydrogen) atoms. The highest BCUT2D eigenvalue weighted by molar-refractivity contribution is 7.92. The smallest absolute Gasteiger partial charge is 0.262 e. The SMILES string of the molecule is COc1cccc(O)c1NS(=O)(=O)c1ccccc1. The van der Waals surface area contributed by atoms with E-state index in [1.54, 1.807) is 30.3 Å². The number of hydrogen-bond acceptors (Lipinski definition) is 4. The van der Waals surface area contributed by atoms with Crippen LogP contribution in [0.1, 0.15) is 0 Å². The molecular weight excluding hydrogens is 266 g/mol. The van der Waals surface area contributed by atoms with E-state index in [0.29, 0.717) is 0 Å². The summed E-state index contributed by atoms with van der Waals surface area (Å²) < 4.78 is 31.6. The number of phenolic OH excluding ortho intramolecular Hbond substituents is 1. The molecule has 2 aromatic rings. The van der Waals surface area contributed by atoms with Gasteiger partial charge in [0.2, 0.25) is 0 Å². The van der Waals surface area contributed by atoms with Gasteiger partial charge in [0, 0.05) is 0 Å². The third-order valence-electron chi connectivity index (χ3n) is 2.51. The van der Waals surface area contributed by atoms with Crippen molar-refractivity contribution < 1.29 is 18.3 Å². The van der Waals surface area contributed by atoms with E-state index in [4.69, 9.17) is 4.74 Å². The topological polar surface area (TPSA) is 75.6 Å². The van der Waals surface area contributed by atoms with E-state index in [9.17, 15) is 13.5 Å². The van der Waals surface area contributed by atoms with E-state index in [2.05, 4.69) is 4.72 Å². The number of nitrogens with one attached hydrogen (secondary N) is 1. The average molecular weight is 279 g/mol. The standard InChI is InChI=1S/C13H13NO4S/c1-18-12-9-5-8-11(15)13(12)14-19(16,17)10-6-3-2-4-7-10/h2-9,14-15H,1H3. The lowest BCUT2D eigenvalue weighted by Crippen LogP contribution is -2.13. The molecule has 0 aliphatic rings. The second-order valence-corrected chi connectivity index (χ2v) is 5.46. The molecular formula is C13H13NO4S. The Hall–Kier alpha value is -2.21. The number of benzene rings is 2. The van der Waals surface area contributed by atoms with E-state index >= 15 is 0 Å². The Kier molecular flexibility index (Phi) is 3.62. The maximum atomic E-state index is 12.1. The predicted octanol–water partition coefficient (Wildman–Crippen LogP) is 2.20. The fourth-order valence-electron chi connectivity index (χ4n) is 1.59. The van der Waals surface area contributed by atoms with Crippen LogP contribution in [0.25, 0.3) is 0 Å². The normalized spacial score (nSPS) is 11.0. The Labute approximate surface area is 111 Å². The van der Waals surface area contributed by atoms with Crippen LogP contribution in [0.2, 0.25) is 0 Å². The van der Waals surface area contributed by atoms with Crippen LogP contribution in [0.15, 0.2) is 53.4 Å². The zero-order chi connectivity index (χ0) is 13.9. The largest absolute Gasteiger partial charge is 0.506 e. The van der Waals surface area contributed by atoms with Crippen molar-refractivity contribution in [2.45, 2.75) is 4.90 Å². The fourth-order valence-corrected chi connectivity index (χ4v) is 2.69. The van der Waals surface area contributed by atoms with Crippen LogP contribution in [-0.2, 0) is 10.0 Å². The Morgan fingerprint density at radius 3 is 2.37 bits per heavy atom. The van der Waals surface area contributed by atoms with Crippen molar-refractivity contribution in [1.82, 2.24) is 0 Å². The third kappa shape index (κ3) is 2.79. The van der Waals surface area contributed by atoms with Crippen LogP contribution in [0, 0.1) is 0 Å². The summed E-state index contributed by atoms with van der Waals surface area (Å²) in [6, 6.07) is 12.4. The molecule has 2 N–H and O–H groups in total. The van der Waals surface area contributed by atoms with Crippen molar-refractivity contribution >= 4 is 15.7 Å². The maximum Gasteiger partial charge on any atom is 0.262 e. The number of ether oxygens (including phenoxy) is 1. The summed E-state index contributed by atoms with van der Waals surface area (Å²) >= 11 is 0. The number of rotatable bonds is 4. The molecule has 0 heterocycles. The first kappa shape index (κ1) is 13.2. The number of hydrogen-bond donors (Lipinski definition) is 2. The first-order valence-electron chi connectivity index (χ1n) is 5.48. The fraction of sp³-hybridized carbons (Fsp3) is 0.0769. The van der Waals surface area contributed by atoms with E-state index in [-0.39, 0.29) is 22.1 Å². The zero-order valence-corrected chi connectivity index (χ0v) is 11.0. The van der Waals surface area contributed by atoms with Gasteiger partial charge in [-0.1, -0.05) is 24.3 Å². The predicted molar refractivity (Wildman–Crippen MR) is 71.9 cm³/mol. The molecule has 100 valence electrons. The summed E-state index contributed by atoms with van der Waals surface area (Å²) in [6.07, 6.45) is 0. The third-order valence-corrected chi connectivity index (χ3v) is 3.88. The molecule has 2 aromatic carbocycles. The summed E-state index contributed by atoms with van der Waals surface area (Å²) in [5.41, 5.74) is 0.0221. The molecule has 0 aliphatic heterocycles. The van der Waals surface area contributed by atoms with E-state index in [1.807, 2.05) is 0 Å². The monoisotopic (exact) mass is 279 g/mol. The number of methoxy groups -OCH3 is 1. The molecule has 0 aromatic heterocycles. The van der Waals surface area contributed by atoms with Crippen LogP contribution < -0.4 is 9.46 Å². The lowest BCUT2D eigenvalue weighted by molar-refractivity contribution is 0.411. The Morgan fingerprint density at radius 2 is 1.74 bits per heavy atom. The Bertz CT molecular complexity index is 668. The number of sulfonamides is 1. The molecule has 0 saturated carbocycles. The second-order valence-electron chi connectivity index (χ2n) is 3.77. The van der Waals surface area contributed by atoms with Crippen molar-refractivity contribution in [3.05, 3.63) is 48.5 Å². The average Bonchev–Trinajstić information content (AvgIpc) is 2.42. The summed E-state index contributed by atoms with van der Waals surface area (Å²) in [4.78, 5) is 0.111. The molecule has 0 amide bonds. The van der Waals surface area contributed by atoms with Gasteiger partial charge in [0.05, 0.1) is 12.0 Å². The molecule has 6 heteroatoms. The van der Waals surface area contributed by atoms with Crippen molar-refractivity contribution in [3.63, 3.8) is 0 Å². The molecule has 0 aliphatic carbocycles. The molecule has 0 bridgehead atoms. The van der Waals surface area contributed by atoms with Gasteiger partial charge in [0.25, 0.3) is 10.0 Å². The first-order valence-corrected chi connectivity index (χ1v) is 6.97. The van der Waals surface area contributed by atoms with Gasteiger partial charge in [-0.25, -0.2) is 8.42 Å². The van der Waals surface area contributed by atoms with Crippen LogP contribution >= 0.6 is 0 Å². The molecule has 0 radical (unpaired) electrons. The molecule has 0 fully saturated rings. The van der Waals surface area contributed by atoms with Crippen molar-refractivity contribution in [2.75, 3.05) is 11.8 Å². The number of anilines is 1. The highest BCUT2D eigenvalue weighted by Crippen LogP contribution is 2.34. The molecule has 2 rings (SSSR count). The highest BCUT2D eigenvalue weighted by Gasteiger charge is 2.18. The summed E-state index contributed by atoms with van der Waals surface area (Å²) in [6.45, 7) is 0. The minimum absolute atomic E-state index is 0.0221. The number of phenols is 1. The van der Waals surface area contributed by atoms with E-state index in [0.717, 1.165) is 0 Å². The molecule has 5 nitrogen and oxygen atoms in total. The number of para-hydroxylation sites is 1. The summed E-state index contributed by atoms with van der Waals surface area (Å²) in [7, 11) is -2.36. The van der Waals surface area contributed by atoms with Gasteiger partial charge in [-0.15, -0.1) is 0 Å². The summed E-state index contributed by atoms with van der Waals surface area (Å²) in [5, 5.41) is 9.73. The van der Waals surface area contributed by atoms with Gasteiger partial charge in [-0.3, -0.25) is 4.72 Å². The lowest BCUT2D eigenvalue weighted by atomic mass is 10.3. The molecule has 0 atom stereocenters. The van der Waals surface area contributed by atoms with Crippen molar-refractivity contribution in [1.29, 1.82) is 0 Å². The van der Waals surface area contributed by atoms with Gasteiger partial charge in [-0.2, -0.15) is 0 Å². The molecule has 0 unspecified atom stereocenters. The van der Waals surface area contributed by atoms with Crippen LogP contribution in [0.5, 0.6) is 11.5 Å². The molecule has 0 spiro atoms. The van der Waals surface area contributed by atoms with Gasteiger partial charge in [0.15, 0.2) is 0 Å². The summed E-state index contributed by atoms with van der Waals surface area (Å²) in [5.74, 6) is 0.0540. The van der Waals surface area contributed by atoms with Gasteiger partial charge >= 0.3 is 0 Å². The highest BCUT2D eigenvalue weighted by atomic mass is 32.2. The Morgan fingerprint density at radius 1 is 1.05 bits per heavy atom. The lowest BCUT2D eigenvalue weighted by Gasteiger charge is -2.13.